The Hall–Kier alpha value is -3.33. The first kappa shape index (κ1) is 23.3. The number of benzene rings is 3. The van der Waals surface area contributed by atoms with Gasteiger partial charge in [0.05, 0.1) is 23.4 Å². The van der Waals surface area contributed by atoms with Crippen LogP contribution in [-0.2, 0) is 10.0 Å². The topological polar surface area (TPSA) is 61.9 Å². The third-order valence-electron chi connectivity index (χ3n) is 4.87. The number of halogens is 2. The maximum Gasteiger partial charge on any atom is 0.262 e. The number of ether oxygens (including phenoxy) is 1. The number of nitrogens with one attached hydrogen (secondary N) is 1. The van der Waals surface area contributed by atoms with E-state index in [1.807, 2.05) is 0 Å². The summed E-state index contributed by atoms with van der Waals surface area (Å²) in [7, 11) is 4.53. The Balaban J connectivity index is 2.28. The van der Waals surface area contributed by atoms with Crippen LogP contribution in [0.1, 0.15) is 0 Å². The molecule has 0 unspecified atom stereocenters. The summed E-state index contributed by atoms with van der Waals surface area (Å²) in [6, 6.07) is 13.2. The summed E-state index contributed by atoms with van der Waals surface area (Å²) < 4.78 is 62.8. The molecule has 0 spiro atoms. The molecule has 3 aromatic rings. The molecule has 0 atom stereocenters. The van der Waals surface area contributed by atoms with E-state index in [1.54, 1.807) is 80.5 Å². The first-order valence-electron chi connectivity index (χ1n) is 9.69. The molecule has 0 aliphatic heterocycles. The molecule has 0 saturated carbocycles. The molecule has 9 heteroatoms. The van der Waals surface area contributed by atoms with Gasteiger partial charge in [0, 0.05) is 39.4 Å². The van der Waals surface area contributed by atoms with Crippen molar-refractivity contribution in [2.75, 3.05) is 49.8 Å². The molecule has 1 N–H and O–H groups in total. The minimum Gasteiger partial charge on any atom is -0.492 e. The van der Waals surface area contributed by atoms with Crippen LogP contribution in [0.15, 0.2) is 59.5 Å². The van der Waals surface area contributed by atoms with Crippen molar-refractivity contribution in [1.82, 2.24) is 0 Å². The fraction of sp³-hybridized carbons (Fsp3) is 0.217. The van der Waals surface area contributed by atoms with Crippen molar-refractivity contribution in [3.63, 3.8) is 0 Å². The van der Waals surface area contributed by atoms with E-state index in [4.69, 9.17) is 4.74 Å². The molecule has 0 heterocycles. The summed E-state index contributed by atoms with van der Waals surface area (Å²) in [4.78, 5) is 3.22. The van der Waals surface area contributed by atoms with E-state index >= 15 is 0 Å². The Morgan fingerprint density at radius 2 is 1.38 bits per heavy atom. The van der Waals surface area contributed by atoms with Crippen molar-refractivity contribution < 1.29 is 21.9 Å². The predicted octanol–water partition coefficient (Wildman–Crippen LogP) is 4.57. The zero-order valence-corrected chi connectivity index (χ0v) is 19.3. The molecule has 0 bridgehead atoms. The summed E-state index contributed by atoms with van der Waals surface area (Å²) >= 11 is 0. The van der Waals surface area contributed by atoms with Gasteiger partial charge < -0.3 is 14.5 Å². The van der Waals surface area contributed by atoms with E-state index < -0.39 is 21.7 Å². The molecule has 0 saturated heterocycles. The van der Waals surface area contributed by atoms with Crippen LogP contribution < -0.4 is 19.3 Å². The highest BCUT2D eigenvalue weighted by molar-refractivity contribution is 7.92. The zero-order chi connectivity index (χ0) is 23.6. The van der Waals surface area contributed by atoms with Crippen LogP contribution in [0.5, 0.6) is 5.75 Å². The second-order valence-corrected chi connectivity index (χ2v) is 9.22. The highest BCUT2D eigenvalue weighted by atomic mass is 32.2. The van der Waals surface area contributed by atoms with Crippen LogP contribution in [0.25, 0.3) is 11.1 Å². The van der Waals surface area contributed by atoms with Crippen LogP contribution in [-0.4, -0.2) is 43.7 Å². The van der Waals surface area contributed by atoms with Gasteiger partial charge in [-0.15, -0.1) is 0 Å². The van der Waals surface area contributed by atoms with Crippen molar-refractivity contribution >= 4 is 27.1 Å². The van der Waals surface area contributed by atoms with Crippen molar-refractivity contribution in [2.45, 2.75) is 4.90 Å². The minimum atomic E-state index is -4.23. The van der Waals surface area contributed by atoms with Crippen LogP contribution in [0.3, 0.4) is 0 Å². The summed E-state index contributed by atoms with van der Waals surface area (Å²) in [5, 5.41) is 0. The SMILES string of the molecule is COc1c(N(C)C)cc(-c2cc(F)c(F)cc2S(=O)(=O)Nc2ccccc2)cc1N(C)C. The summed E-state index contributed by atoms with van der Waals surface area (Å²) in [6.07, 6.45) is 0. The summed E-state index contributed by atoms with van der Waals surface area (Å²) in [6.45, 7) is 0. The van der Waals surface area contributed by atoms with E-state index in [-0.39, 0.29) is 10.5 Å². The highest BCUT2D eigenvalue weighted by Gasteiger charge is 2.25. The van der Waals surface area contributed by atoms with Gasteiger partial charge in [-0.2, -0.15) is 0 Å². The van der Waals surface area contributed by atoms with E-state index in [2.05, 4.69) is 4.72 Å². The number of para-hydroxylation sites is 1. The first-order chi connectivity index (χ1) is 15.0. The third-order valence-corrected chi connectivity index (χ3v) is 6.29. The van der Waals surface area contributed by atoms with Crippen LogP contribution in [0.4, 0.5) is 25.8 Å². The molecule has 3 rings (SSSR count). The van der Waals surface area contributed by atoms with Crippen LogP contribution in [0.2, 0.25) is 0 Å². The maximum atomic E-state index is 14.3. The normalized spacial score (nSPS) is 11.2. The Labute approximate surface area is 187 Å². The Morgan fingerprint density at radius 3 is 1.88 bits per heavy atom. The minimum absolute atomic E-state index is 0.0289. The Morgan fingerprint density at radius 1 is 0.844 bits per heavy atom. The average molecular weight is 462 g/mol. The van der Waals surface area contributed by atoms with Gasteiger partial charge in [-0.05, 0) is 42.0 Å². The lowest BCUT2D eigenvalue weighted by Gasteiger charge is -2.25. The number of hydrogen-bond donors (Lipinski definition) is 1. The fourth-order valence-corrected chi connectivity index (χ4v) is 4.60. The number of rotatable bonds is 7. The van der Waals surface area contributed by atoms with Gasteiger partial charge >= 0.3 is 0 Å². The molecule has 0 radical (unpaired) electrons. The van der Waals surface area contributed by atoms with Crippen molar-refractivity contribution in [2.24, 2.45) is 0 Å². The number of hydrogen-bond acceptors (Lipinski definition) is 5. The fourth-order valence-electron chi connectivity index (χ4n) is 3.32. The third kappa shape index (κ3) is 4.62. The molecule has 0 fully saturated rings. The molecule has 170 valence electrons. The lowest BCUT2D eigenvalue weighted by Crippen LogP contribution is -2.17. The number of nitrogens with zero attached hydrogens (tertiary/aromatic N) is 2. The van der Waals surface area contributed by atoms with Crippen LogP contribution in [0, 0.1) is 11.6 Å². The molecule has 32 heavy (non-hydrogen) atoms. The molecule has 0 aromatic heterocycles. The Bertz CT molecular complexity index is 1200. The first-order valence-corrected chi connectivity index (χ1v) is 11.2. The average Bonchev–Trinajstić information content (AvgIpc) is 2.74. The number of methoxy groups -OCH3 is 1. The lowest BCUT2D eigenvalue weighted by atomic mass is 10.0. The second-order valence-electron chi connectivity index (χ2n) is 7.57. The molecule has 0 amide bonds. The highest BCUT2D eigenvalue weighted by Crippen LogP contribution is 2.42. The standard InChI is InChI=1S/C23H25F2N3O3S/c1-27(2)20-11-15(12-21(28(3)4)23(20)31-5)17-13-18(24)19(25)14-22(17)32(29,30)26-16-9-7-6-8-10-16/h6-14,26H,1-5H3. The van der Waals surface area contributed by atoms with Gasteiger partial charge in [0.2, 0.25) is 0 Å². The number of sulfonamides is 1. The van der Waals surface area contributed by atoms with Crippen molar-refractivity contribution in [3.8, 4) is 16.9 Å². The van der Waals surface area contributed by atoms with E-state index in [9.17, 15) is 17.2 Å². The molecular formula is C23H25F2N3O3S. The summed E-state index contributed by atoms with van der Waals surface area (Å²) in [5.41, 5.74) is 2.03. The quantitative estimate of drug-likeness (QED) is 0.558. The summed E-state index contributed by atoms with van der Waals surface area (Å²) in [5.74, 6) is -1.83. The van der Waals surface area contributed by atoms with E-state index in [0.717, 1.165) is 6.07 Å². The van der Waals surface area contributed by atoms with Gasteiger partial charge in [0.25, 0.3) is 10.0 Å². The van der Waals surface area contributed by atoms with Gasteiger partial charge in [-0.25, -0.2) is 17.2 Å². The number of anilines is 3. The molecule has 0 aliphatic rings. The van der Waals surface area contributed by atoms with Crippen molar-refractivity contribution in [3.05, 3.63) is 66.2 Å². The van der Waals surface area contributed by atoms with Gasteiger partial charge in [-0.3, -0.25) is 4.72 Å². The largest absolute Gasteiger partial charge is 0.492 e. The van der Waals surface area contributed by atoms with Gasteiger partial charge in [-0.1, -0.05) is 18.2 Å². The smallest absolute Gasteiger partial charge is 0.262 e. The monoisotopic (exact) mass is 461 g/mol. The molecule has 3 aromatic carbocycles. The lowest BCUT2D eigenvalue weighted by molar-refractivity contribution is 0.416. The van der Waals surface area contributed by atoms with E-state index in [1.165, 1.54) is 7.11 Å². The zero-order valence-electron chi connectivity index (χ0n) is 18.5. The van der Waals surface area contributed by atoms with Crippen LogP contribution >= 0.6 is 0 Å². The Kier molecular flexibility index (Phi) is 6.59. The van der Waals surface area contributed by atoms with E-state index in [0.29, 0.717) is 34.4 Å². The molecule has 0 aliphatic carbocycles. The van der Waals surface area contributed by atoms with Gasteiger partial charge in [0.15, 0.2) is 17.4 Å². The molecule has 6 nitrogen and oxygen atoms in total. The molecular weight excluding hydrogens is 436 g/mol. The van der Waals surface area contributed by atoms with Gasteiger partial charge in [0.1, 0.15) is 0 Å². The maximum absolute atomic E-state index is 14.3. The van der Waals surface area contributed by atoms with Crippen molar-refractivity contribution in [1.29, 1.82) is 0 Å². The predicted molar refractivity (Wildman–Crippen MR) is 124 cm³/mol. The second kappa shape index (κ2) is 9.04.